The lowest BCUT2D eigenvalue weighted by atomic mass is 9.42. The highest BCUT2D eigenvalue weighted by atomic mass is 16.6. The first-order chi connectivity index (χ1) is 16.6. The molecule has 1 unspecified atom stereocenters. The fourth-order valence-electron chi connectivity index (χ4n) is 11.8. The maximum absolute atomic E-state index is 11.9. The monoisotopic (exact) mass is 504 g/mol. The zero-order valence-electron chi connectivity index (χ0n) is 24.9. The van der Waals surface area contributed by atoms with Crippen LogP contribution in [0.2, 0.25) is 0 Å². The van der Waals surface area contributed by atoms with Gasteiger partial charge in [-0.05, 0) is 124 Å². The normalized spacial score (nSPS) is 52.6. The van der Waals surface area contributed by atoms with Gasteiger partial charge in [-0.25, -0.2) is 0 Å². The van der Waals surface area contributed by atoms with Crippen molar-refractivity contribution in [2.24, 2.45) is 44.8 Å². The molecule has 1 spiro atoms. The minimum absolute atomic E-state index is 0.0712. The van der Waals surface area contributed by atoms with Crippen LogP contribution in [-0.2, 0) is 9.47 Å². The van der Waals surface area contributed by atoms with E-state index in [4.69, 9.17) is 9.47 Å². The number of ether oxygens (including phenoxy) is 2. The van der Waals surface area contributed by atoms with Crippen molar-refractivity contribution in [3.63, 3.8) is 0 Å². The minimum Gasteiger partial charge on any atom is -0.396 e. The van der Waals surface area contributed by atoms with Gasteiger partial charge in [0, 0.05) is 19.6 Å². The number of hydrogen-bond donors (Lipinski definition) is 2. The molecular formula is C32H56O4. The Bertz CT molecular complexity index is 863. The second kappa shape index (κ2) is 8.18. The Morgan fingerprint density at radius 3 is 2.25 bits per heavy atom. The first-order valence-corrected chi connectivity index (χ1v) is 15.1. The van der Waals surface area contributed by atoms with E-state index >= 15 is 0 Å². The molecule has 0 aromatic carbocycles. The van der Waals surface area contributed by atoms with E-state index in [0.717, 1.165) is 31.6 Å². The van der Waals surface area contributed by atoms with Crippen LogP contribution in [0.15, 0.2) is 0 Å². The summed E-state index contributed by atoms with van der Waals surface area (Å²) in [7, 11) is 1.79. The number of aliphatic hydroxyl groups excluding tert-OH is 2. The zero-order chi connectivity index (χ0) is 26.6. The van der Waals surface area contributed by atoms with E-state index in [1.54, 1.807) is 7.11 Å². The molecule has 4 saturated carbocycles. The van der Waals surface area contributed by atoms with Crippen LogP contribution in [0.3, 0.4) is 0 Å². The van der Waals surface area contributed by atoms with E-state index in [1.165, 1.54) is 38.5 Å². The van der Waals surface area contributed by atoms with Gasteiger partial charge in [-0.15, -0.1) is 0 Å². The maximum Gasteiger partial charge on any atom is 0.0883 e. The van der Waals surface area contributed by atoms with Crippen molar-refractivity contribution in [1.29, 1.82) is 0 Å². The summed E-state index contributed by atoms with van der Waals surface area (Å²) in [5.74, 6) is 1.56. The maximum atomic E-state index is 11.9. The first kappa shape index (κ1) is 27.4. The molecule has 5 rings (SSSR count). The van der Waals surface area contributed by atoms with Gasteiger partial charge < -0.3 is 19.7 Å². The highest BCUT2D eigenvalue weighted by Gasteiger charge is 2.82. The van der Waals surface area contributed by atoms with Gasteiger partial charge in [0.2, 0.25) is 0 Å². The lowest BCUT2D eigenvalue weighted by molar-refractivity contribution is -0.194. The molecule has 4 aliphatic carbocycles. The van der Waals surface area contributed by atoms with Crippen LogP contribution in [0.25, 0.3) is 0 Å². The van der Waals surface area contributed by atoms with Crippen molar-refractivity contribution in [3.05, 3.63) is 0 Å². The summed E-state index contributed by atoms with van der Waals surface area (Å²) in [6.07, 6.45) is 11.2. The molecule has 5 fully saturated rings. The molecule has 0 aromatic heterocycles. The largest absolute Gasteiger partial charge is 0.396 e. The SMILES string of the molecule is COC(C)(C)[C@@H]1CC[C@](C)([C@H]2[C@@H](O)C[C@@]3(C)[C@@H]4CC[C@@H](C(C)(C)C)[C@@]5(CCCO)CC45CC[C@]23C)O1. The van der Waals surface area contributed by atoms with Crippen LogP contribution < -0.4 is 0 Å². The topological polar surface area (TPSA) is 58.9 Å². The highest BCUT2D eigenvalue weighted by molar-refractivity contribution is 5.30. The Morgan fingerprint density at radius 2 is 1.64 bits per heavy atom. The van der Waals surface area contributed by atoms with Gasteiger partial charge in [-0.2, -0.15) is 0 Å². The second-order valence-electron chi connectivity index (χ2n) is 16.2. The van der Waals surface area contributed by atoms with E-state index < -0.39 is 0 Å². The van der Waals surface area contributed by atoms with Crippen LogP contribution >= 0.6 is 0 Å². The highest BCUT2D eigenvalue weighted by Crippen LogP contribution is 2.88. The molecule has 1 heterocycles. The van der Waals surface area contributed by atoms with Crippen LogP contribution in [-0.4, -0.2) is 47.3 Å². The van der Waals surface area contributed by atoms with Gasteiger partial charge in [-0.1, -0.05) is 34.6 Å². The molecule has 36 heavy (non-hydrogen) atoms. The molecule has 0 radical (unpaired) electrons. The quantitative estimate of drug-likeness (QED) is 0.420. The summed E-state index contributed by atoms with van der Waals surface area (Å²) in [6.45, 7) is 19.3. The van der Waals surface area contributed by atoms with Gasteiger partial charge in [0.25, 0.3) is 0 Å². The molecule has 10 atom stereocenters. The van der Waals surface area contributed by atoms with Crippen molar-refractivity contribution < 1.29 is 19.7 Å². The predicted molar refractivity (Wildman–Crippen MR) is 145 cm³/mol. The average molecular weight is 505 g/mol. The van der Waals surface area contributed by atoms with Crippen molar-refractivity contribution in [2.45, 2.75) is 143 Å². The van der Waals surface area contributed by atoms with Crippen molar-refractivity contribution in [2.75, 3.05) is 13.7 Å². The van der Waals surface area contributed by atoms with Gasteiger partial charge >= 0.3 is 0 Å². The third-order valence-electron chi connectivity index (χ3n) is 13.5. The van der Waals surface area contributed by atoms with E-state index in [1.807, 2.05) is 0 Å². The summed E-state index contributed by atoms with van der Waals surface area (Å²) in [5.41, 5.74) is 0.663. The smallest absolute Gasteiger partial charge is 0.0883 e. The molecule has 0 amide bonds. The molecule has 4 nitrogen and oxygen atoms in total. The summed E-state index contributed by atoms with van der Waals surface area (Å²) >= 11 is 0. The molecule has 1 saturated heterocycles. The first-order valence-electron chi connectivity index (χ1n) is 15.1. The van der Waals surface area contributed by atoms with Gasteiger partial charge in [-0.3, -0.25) is 0 Å². The van der Waals surface area contributed by atoms with Crippen molar-refractivity contribution >= 4 is 0 Å². The van der Waals surface area contributed by atoms with E-state index in [0.29, 0.717) is 28.8 Å². The molecule has 0 bridgehead atoms. The molecule has 2 N–H and O–H groups in total. The molecular weight excluding hydrogens is 448 g/mol. The zero-order valence-corrected chi connectivity index (χ0v) is 24.9. The number of methoxy groups -OCH3 is 1. The van der Waals surface area contributed by atoms with E-state index in [9.17, 15) is 10.2 Å². The number of fused-ring (bicyclic) bond motifs is 2. The van der Waals surface area contributed by atoms with Gasteiger partial charge in [0.05, 0.1) is 23.4 Å². The summed E-state index contributed by atoms with van der Waals surface area (Å²) < 4.78 is 12.7. The summed E-state index contributed by atoms with van der Waals surface area (Å²) in [6, 6.07) is 0. The Morgan fingerprint density at radius 1 is 0.944 bits per heavy atom. The van der Waals surface area contributed by atoms with Crippen molar-refractivity contribution in [1.82, 2.24) is 0 Å². The third kappa shape index (κ3) is 3.38. The average Bonchev–Trinajstić information content (AvgIpc) is 3.19. The Balaban J connectivity index is 1.48. The molecule has 208 valence electrons. The summed E-state index contributed by atoms with van der Waals surface area (Å²) in [5, 5.41) is 21.7. The Hall–Kier alpha value is -0.160. The van der Waals surface area contributed by atoms with Crippen LogP contribution in [0.5, 0.6) is 0 Å². The van der Waals surface area contributed by atoms with Crippen molar-refractivity contribution in [3.8, 4) is 0 Å². The number of rotatable bonds is 6. The molecule has 4 heteroatoms. The molecule has 5 aliphatic rings. The van der Waals surface area contributed by atoms with E-state index in [-0.39, 0.29) is 40.2 Å². The van der Waals surface area contributed by atoms with Gasteiger partial charge in [0.1, 0.15) is 0 Å². The fourth-order valence-corrected chi connectivity index (χ4v) is 11.8. The standard InChI is InChI=1S/C32H56O4/c1-26(2,3)22-11-12-23-29(7)19-21(34)25(30(8)15-13-24(36-30)27(4,5)35-9)28(29,6)16-17-32(23)20-31(22,32)14-10-18-33/h21-25,33-34H,10-20H2,1-9H3/t21-,22-,23-,24-,25-,28+,29-,30+,31+,32?/m0/s1. The molecule has 0 aromatic rings. The lowest BCUT2D eigenvalue weighted by Crippen LogP contribution is -2.57. The fraction of sp³-hybridized carbons (Fsp3) is 1.00. The second-order valence-corrected chi connectivity index (χ2v) is 16.2. The third-order valence-corrected chi connectivity index (χ3v) is 13.5. The molecule has 1 aliphatic heterocycles. The number of aliphatic hydroxyl groups is 2. The Kier molecular flexibility index (Phi) is 6.23. The predicted octanol–water partition coefficient (Wildman–Crippen LogP) is 6.76. The van der Waals surface area contributed by atoms with Crippen LogP contribution in [0.1, 0.15) is 120 Å². The van der Waals surface area contributed by atoms with Crippen LogP contribution in [0, 0.1) is 44.8 Å². The lowest BCUT2D eigenvalue weighted by Gasteiger charge is -2.62. The van der Waals surface area contributed by atoms with E-state index in [2.05, 4.69) is 55.4 Å². The van der Waals surface area contributed by atoms with Gasteiger partial charge in [0.15, 0.2) is 0 Å². The minimum atomic E-state index is -0.312. The van der Waals surface area contributed by atoms with Crippen LogP contribution in [0.4, 0.5) is 0 Å². The number of hydrogen-bond acceptors (Lipinski definition) is 4. The Labute approximate surface area is 221 Å². The summed E-state index contributed by atoms with van der Waals surface area (Å²) in [4.78, 5) is 0.